The van der Waals surface area contributed by atoms with Crippen LogP contribution in [0.2, 0.25) is 0 Å². The van der Waals surface area contributed by atoms with Crippen LogP contribution in [0, 0.1) is 0 Å². The van der Waals surface area contributed by atoms with E-state index in [4.69, 9.17) is 4.74 Å². The van der Waals surface area contributed by atoms with Crippen LogP contribution in [0.15, 0.2) is 6.33 Å². The van der Waals surface area contributed by atoms with E-state index in [0.717, 1.165) is 64.2 Å². The zero-order chi connectivity index (χ0) is 24.9. The van der Waals surface area contributed by atoms with Crippen LogP contribution in [-0.4, -0.2) is 74.7 Å². The lowest BCUT2D eigenvalue weighted by Gasteiger charge is -2.19. The lowest BCUT2D eigenvalue weighted by molar-refractivity contribution is -0.0535. The Balaban J connectivity index is 2.12. The molecule has 10 heteroatoms. The molecule has 194 valence electrons. The molecule has 1 aromatic rings. The molecule has 2 rings (SSSR count). The first kappa shape index (κ1) is 28.2. The average Bonchev–Trinajstić information content (AvgIpc) is 3.39. The first-order valence-electron chi connectivity index (χ1n) is 12.7. The summed E-state index contributed by atoms with van der Waals surface area (Å²) in [5, 5.41) is 35.6. The molecular formula is C24H42N4O6. The molecule has 0 bridgehead atoms. The molecule has 0 saturated carbocycles. The Morgan fingerprint density at radius 2 is 1.47 bits per heavy atom. The molecule has 2 heterocycles. The molecule has 1 aromatic heterocycles. The third-order valence-corrected chi connectivity index (χ3v) is 6.15. The summed E-state index contributed by atoms with van der Waals surface area (Å²) < 4.78 is 6.84. The summed E-state index contributed by atoms with van der Waals surface area (Å²) in [5.74, 6) is -0.979. The number of aromatic nitrogens is 2. The Kier molecular flexibility index (Phi) is 12.5. The van der Waals surface area contributed by atoms with Crippen LogP contribution in [0.4, 0.5) is 0 Å². The highest BCUT2D eigenvalue weighted by atomic mass is 16.6. The van der Waals surface area contributed by atoms with E-state index < -0.39 is 43.0 Å². The van der Waals surface area contributed by atoms with Crippen molar-refractivity contribution >= 4 is 11.8 Å². The molecule has 1 unspecified atom stereocenters. The van der Waals surface area contributed by atoms with Crippen LogP contribution >= 0.6 is 0 Å². The van der Waals surface area contributed by atoms with Crippen molar-refractivity contribution in [1.29, 1.82) is 0 Å². The molecule has 10 nitrogen and oxygen atoms in total. The number of hydrogen-bond donors (Lipinski definition) is 5. The summed E-state index contributed by atoms with van der Waals surface area (Å²) in [7, 11) is 0. The Morgan fingerprint density at radius 1 is 0.912 bits per heavy atom. The summed E-state index contributed by atoms with van der Waals surface area (Å²) in [5.41, 5.74) is -0.0957. The van der Waals surface area contributed by atoms with Gasteiger partial charge in [-0.15, -0.1) is 0 Å². The Labute approximate surface area is 202 Å². The fourth-order valence-corrected chi connectivity index (χ4v) is 4.08. The molecule has 1 aliphatic heterocycles. The minimum Gasteiger partial charge on any atom is -0.394 e. The van der Waals surface area contributed by atoms with Crippen LogP contribution in [0.3, 0.4) is 0 Å². The number of carbonyl (C=O) groups excluding carboxylic acids is 2. The Bertz CT molecular complexity index is 756. The van der Waals surface area contributed by atoms with Gasteiger partial charge < -0.3 is 30.7 Å². The predicted molar refractivity (Wildman–Crippen MR) is 127 cm³/mol. The van der Waals surface area contributed by atoms with Gasteiger partial charge in [0.05, 0.1) is 12.9 Å². The standard InChI is InChI=1S/C24H42N4O6/c1-3-5-7-9-11-13-25-22(32)18-19(23(33)26-14-12-10-8-6-4-2)28(16-27-18)24-21(31)20(30)17(15-29)34-24/h16-17,20-21,24,29-31H,3-15H2,1-2H3,(H,25,32)(H,26,33)/t17-,20-,21-,24?/m1/s1. The number of nitrogens with one attached hydrogen (secondary N) is 2. The molecular weight excluding hydrogens is 440 g/mol. The monoisotopic (exact) mass is 482 g/mol. The van der Waals surface area contributed by atoms with Crippen molar-refractivity contribution in [3.8, 4) is 0 Å². The van der Waals surface area contributed by atoms with E-state index in [1.165, 1.54) is 10.9 Å². The van der Waals surface area contributed by atoms with E-state index in [1.807, 2.05) is 0 Å². The lowest BCUT2D eigenvalue weighted by atomic mass is 10.1. The van der Waals surface area contributed by atoms with Gasteiger partial charge in [-0.2, -0.15) is 0 Å². The van der Waals surface area contributed by atoms with Gasteiger partial charge in [0.15, 0.2) is 11.9 Å². The molecule has 0 spiro atoms. The van der Waals surface area contributed by atoms with Crippen LogP contribution in [0.5, 0.6) is 0 Å². The van der Waals surface area contributed by atoms with Crippen molar-refractivity contribution in [2.75, 3.05) is 19.7 Å². The van der Waals surface area contributed by atoms with E-state index in [0.29, 0.717) is 13.1 Å². The Hall–Kier alpha value is -2.01. The predicted octanol–water partition coefficient (Wildman–Crippen LogP) is 1.89. The van der Waals surface area contributed by atoms with Crippen LogP contribution < -0.4 is 10.6 Å². The van der Waals surface area contributed by atoms with E-state index in [9.17, 15) is 24.9 Å². The van der Waals surface area contributed by atoms with Crippen molar-refractivity contribution in [2.45, 2.75) is 103 Å². The third-order valence-electron chi connectivity index (χ3n) is 6.15. The fourth-order valence-electron chi connectivity index (χ4n) is 4.08. The molecule has 34 heavy (non-hydrogen) atoms. The number of hydrogen-bond acceptors (Lipinski definition) is 7. The number of aliphatic hydroxyl groups excluding tert-OH is 3. The van der Waals surface area contributed by atoms with Gasteiger partial charge in [-0.25, -0.2) is 4.98 Å². The van der Waals surface area contributed by atoms with E-state index in [1.54, 1.807) is 0 Å². The zero-order valence-electron chi connectivity index (χ0n) is 20.5. The minimum absolute atomic E-state index is 0.0353. The van der Waals surface area contributed by atoms with Gasteiger partial charge >= 0.3 is 0 Å². The van der Waals surface area contributed by atoms with Crippen LogP contribution in [0.25, 0.3) is 0 Å². The van der Waals surface area contributed by atoms with Crippen LogP contribution in [-0.2, 0) is 4.74 Å². The SMILES string of the molecule is CCCCCCCNC(=O)c1ncn(C2O[C@H](CO)[C@@H](O)[C@H]2O)c1C(=O)NCCCCCCC. The molecule has 4 atom stereocenters. The number of rotatable bonds is 16. The summed E-state index contributed by atoms with van der Waals surface area (Å²) in [6, 6.07) is 0. The highest BCUT2D eigenvalue weighted by molar-refractivity contribution is 6.05. The van der Waals surface area contributed by atoms with Gasteiger partial charge in [0.1, 0.15) is 24.0 Å². The van der Waals surface area contributed by atoms with Crippen molar-refractivity contribution in [3.63, 3.8) is 0 Å². The average molecular weight is 483 g/mol. The number of imidazole rings is 1. The zero-order valence-corrected chi connectivity index (χ0v) is 20.5. The van der Waals surface area contributed by atoms with Gasteiger partial charge in [0.2, 0.25) is 0 Å². The first-order chi connectivity index (χ1) is 16.5. The number of nitrogens with zero attached hydrogens (tertiary/aromatic N) is 2. The number of amides is 2. The highest BCUT2D eigenvalue weighted by Gasteiger charge is 2.45. The van der Waals surface area contributed by atoms with E-state index >= 15 is 0 Å². The lowest BCUT2D eigenvalue weighted by Crippen LogP contribution is -2.35. The normalized spacial score (nSPS) is 22.1. The molecule has 5 N–H and O–H groups in total. The van der Waals surface area contributed by atoms with E-state index in [2.05, 4.69) is 29.5 Å². The summed E-state index contributed by atoms with van der Waals surface area (Å²) in [6.07, 6.45) is 6.82. The number of aliphatic hydroxyl groups is 3. The van der Waals surface area contributed by atoms with Crippen molar-refractivity contribution in [2.24, 2.45) is 0 Å². The minimum atomic E-state index is -1.39. The first-order valence-corrected chi connectivity index (χ1v) is 12.7. The highest BCUT2D eigenvalue weighted by Crippen LogP contribution is 2.31. The molecule has 0 radical (unpaired) electrons. The molecule has 1 saturated heterocycles. The second-order valence-corrected chi connectivity index (χ2v) is 8.92. The molecule has 1 fully saturated rings. The van der Waals surface area contributed by atoms with Gasteiger partial charge in [0.25, 0.3) is 11.8 Å². The quantitative estimate of drug-likeness (QED) is 0.226. The van der Waals surface area contributed by atoms with Crippen molar-refractivity contribution in [3.05, 3.63) is 17.7 Å². The van der Waals surface area contributed by atoms with Crippen LogP contribution in [0.1, 0.15) is 105 Å². The molecule has 0 aliphatic carbocycles. The number of unbranched alkanes of at least 4 members (excludes halogenated alkanes) is 8. The summed E-state index contributed by atoms with van der Waals surface area (Å²) >= 11 is 0. The maximum atomic E-state index is 13.1. The molecule has 0 aromatic carbocycles. The van der Waals surface area contributed by atoms with Gasteiger partial charge in [-0.05, 0) is 12.8 Å². The molecule has 1 aliphatic rings. The summed E-state index contributed by atoms with van der Waals surface area (Å²) in [4.78, 5) is 30.1. The summed E-state index contributed by atoms with van der Waals surface area (Å²) in [6.45, 7) is 4.71. The van der Waals surface area contributed by atoms with E-state index in [-0.39, 0.29) is 11.4 Å². The maximum absolute atomic E-state index is 13.1. The number of ether oxygens (including phenoxy) is 1. The second kappa shape index (κ2) is 15.1. The Morgan fingerprint density at radius 3 is 2.00 bits per heavy atom. The fraction of sp³-hybridized carbons (Fsp3) is 0.792. The van der Waals surface area contributed by atoms with Gasteiger partial charge in [-0.1, -0.05) is 65.2 Å². The van der Waals surface area contributed by atoms with Crippen molar-refractivity contribution in [1.82, 2.24) is 20.2 Å². The smallest absolute Gasteiger partial charge is 0.272 e. The largest absolute Gasteiger partial charge is 0.394 e. The van der Waals surface area contributed by atoms with Crippen molar-refractivity contribution < 1.29 is 29.6 Å². The van der Waals surface area contributed by atoms with Gasteiger partial charge in [-0.3, -0.25) is 14.2 Å². The second-order valence-electron chi connectivity index (χ2n) is 8.92. The van der Waals surface area contributed by atoms with Gasteiger partial charge in [0, 0.05) is 13.1 Å². The molecule has 2 amide bonds. The maximum Gasteiger partial charge on any atom is 0.272 e. The third kappa shape index (κ3) is 7.76. The number of carbonyl (C=O) groups is 2. The topological polar surface area (TPSA) is 146 Å².